The van der Waals surface area contributed by atoms with E-state index in [0.717, 1.165) is 0 Å². The summed E-state index contributed by atoms with van der Waals surface area (Å²) in [7, 11) is 0. The van der Waals surface area contributed by atoms with E-state index in [2.05, 4.69) is 134 Å². The Balaban J connectivity index is 1.56. The molecule has 6 aromatic carbocycles. The molecule has 0 spiro atoms. The van der Waals surface area contributed by atoms with Gasteiger partial charge in [-0.2, -0.15) is 0 Å². The lowest BCUT2D eigenvalue weighted by molar-refractivity contribution is 1.47. The van der Waals surface area contributed by atoms with Gasteiger partial charge in [0, 0.05) is 0 Å². The van der Waals surface area contributed by atoms with Crippen molar-refractivity contribution in [1.82, 2.24) is 0 Å². The highest BCUT2D eigenvalue weighted by molar-refractivity contribution is 5.91. The first-order valence-electron chi connectivity index (χ1n) is 11.4. The van der Waals surface area contributed by atoms with Gasteiger partial charge in [-0.15, -0.1) is 0 Å². The van der Waals surface area contributed by atoms with Crippen molar-refractivity contribution in [3.63, 3.8) is 0 Å². The van der Waals surface area contributed by atoms with Crippen LogP contribution in [0.5, 0.6) is 0 Å². The largest absolute Gasteiger partial charge is 0.0616 e. The molecule has 0 N–H and O–H groups in total. The highest BCUT2D eigenvalue weighted by Crippen LogP contribution is 2.35. The zero-order valence-corrected chi connectivity index (χ0v) is 18.6. The van der Waals surface area contributed by atoms with Gasteiger partial charge in [0.2, 0.25) is 0 Å². The lowest BCUT2D eigenvalue weighted by Gasteiger charge is -2.13. The minimum Gasteiger partial charge on any atom is -0.0616 e. The molecule has 0 heteroatoms. The average Bonchev–Trinajstić information content (AvgIpc) is 2.88. The fourth-order valence-corrected chi connectivity index (χ4v) is 4.61. The van der Waals surface area contributed by atoms with E-state index >= 15 is 0 Å². The molecular weight excluding hydrogens is 396 g/mol. The Morgan fingerprint density at radius 2 is 0.697 bits per heavy atom. The van der Waals surface area contributed by atoms with Gasteiger partial charge < -0.3 is 0 Å². The Morgan fingerprint density at radius 1 is 0.303 bits per heavy atom. The van der Waals surface area contributed by atoms with Crippen molar-refractivity contribution in [3.8, 4) is 33.4 Å². The summed E-state index contributed by atoms with van der Waals surface area (Å²) >= 11 is 0. The average molecular weight is 421 g/mol. The molecule has 0 aliphatic carbocycles. The van der Waals surface area contributed by atoms with E-state index in [0.29, 0.717) is 0 Å². The second-order valence-corrected chi connectivity index (χ2v) is 8.79. The van der Waals surface area contributed by atoms with Gasteiger partial charge in [-0.25, -0.2) is 0 Å². The van der Waals surface area contributed by atoms with E-state index in [-0.39, 0.29) is 0 Å². The van der Waals surface area contributed by atoms with Crippen LogP contribution in [0.1, 0.15) is 5.56 Å². The van der Waals surface area contributed by atoms with Crippen molar-refractivity contribution < 1.29 is 0 Å². The van der Waals surface area contributed by atoms with E-state index < -0.39 is 0 Å². The summed E-state index contributed by atoms with van der Waals surface area (Å²) < 4.78 is 0. The van der Waals surface area contributed by atoms with Crippen molar-refractivity contribution in [1.29, 1.82) is 0 Å². The molecule has 0 saturated carbocycles. The number of hydrogen-bond acceptors (Lipinski definition) is 0. The third-order valence-electron chi connectivity index (χ3n) is 6.48. The van der Waals surface area contributed by atoms with Crippen LogP contribution in [0.15, 0.2) is 127 Å². The monoisotopic (exact) mass is 420 g/mol. The molecule has 0 amide bonds. The highest BCUT2D eigenvalue weighted by Gasteiger charge is 2.09. The summed E-state index contributed by atoms with van der Waals surface area (Å²) in [6.45, 7) is 2.13. The fourth-order valence-electron chi connectivity index (χ4n) is 4.61. The maximum atomic E-state index is 2.33. The highest BCUT2D eigenvalue weighted by atomic mass is 14.1. The second-order valence-electron chi connectivity index (χ2n) is 8.79. The summed E-state index contributed by atoms with van der Waals surface area (Å²) in [4.78, 5) is 0. The number of aryl methyl sites for hydroxylation is 1. The van der Waals surface area contributed by atoms with Gasteiger partial charge in [0.1, 0.15) is 0 Å². The lowest BCUT2D eigenvalue weighted by Crippen LogP contribution is -1.87. The van der Waals surface area contributed by atoms with Crippen molar-refractivity contribution in [2.75, 3.05) is 0 Å². The summed E-state index contributed by atoms with van der Waals surface area (Å²) in [6.07, 6.45) is 0. The summed E-state index contributed by atoms with van der Waals surface area (Å²) in [5.41, 5.74) is 8.71. The number of benzene rings is 6. The Morgan fingerprint density at radius 3 is 1.18 bits per heavy atom. The van der Waals surface area contributed by atoms with Crippen LogP contribution in [0.3, 0.4) is 0 Å². The number of rotatable bonds is 3. The van der Waals surface area contributed by atoms with Crippen LogP contribution in [-0.4, -0.2) is 0 Å². The van der Waals surface area contributed by atoms with Crippen molar-refractivity contribution in [3.05, 3.63) is 133 Å². The molecule has 33 heavy (non-hydrogen) atoms. The molecular formula is C33H24. The fraction of sp³-hybridized carbons (Fsp3) is 0.0303. The van der Waals surface area contributed by atoms with Gasteiger partial charge in [-0.3, -0.25) is 0 Å². The van der Waals surface area contributed by atoms with Crippen LogP contribution in [0.2, 0.25) is 0 Å². The maximum absolute atomic E-state index is 2.33. The summed E-state index contributed by atoms with van der Waals surface area (Å²) in [5, 5.41) is 5.07. The van der Waals surface area contributed by atoms with Gasteiger partial charge in [0.25, 0.3) is 0 Å². The van der Waals surface area contributed by atoms with Crippen LogP contribution in [-0.2, 0) is 0 Å². The summed E-state index contributed by atoms with van der Waals surface area (Å²) in [6, 6.07) is 46.4. The van der Waals surface area contributed by atoms with Crippen molar-refractivity contribution in [2.24, 2.45) is 0 Å². The van der Waals surface area contributed by atoms with Crippen molar-refractivity contribution in [2.45, 2.75) is 6.92 Å². The Labute approximate surface area is 194 Å². The Kier molecular flexibility index (Phi) is 4.78. The minimum atomic E-state index is 1.24. The topological polar surface area (TPSA) is 0 Å². The van der Waals surface area contributed by atoms with E-state index in [4.69, 9.17) is 0 Å². The molecule has 0 bridgehead atoms. The quantitative estimate of drug-likeness (QED) is 0.267. The van der Waals surface area contributed by atoms with Gasteiger partial charge >= 0.3 is 0 Å². The first-order chi connectivity index (χ1) is 16.2. The lowest BCUT2D eigenvalue weighted by atomic mass is 9.91. The minimum absolute atomic E-state index is 1.24. The molecule has 0 nitrogen and oxygen atoms in total. The molecule has 0 fully saturated rings. The van der Waals surface area contributed by atoms with E-state index in [9.17, 15) is 0 Å². The van der Waals surface area contributed by atoms with E-state index in [1.807, 2.05) is 0 Å². The first-order valence-corrected chi connectivity index (χ1v) is 11.4. The molecule has 0 aliphatic heterocycles. The second kappa shape index (κ2) is 8.07. The molecule has 0 aromatic heterocycles. The molecule has 0 unspecified atom stereocenters. The normalized spacial score (nSPS) is 11.2. The molecule has 0 atom stereocenters. The van der Waals surface area contributed by atoms with Crippen LogP contribution in [0.25, 0.3) is 54.9 Å². The van der Waals surface area contributed by atoms with Gasteiger partial charge in [0.15, 0.2) is 0 Å². The third kappa shape index (κ3) is 3.81. The Hall–Kier alpha value is -4.16. The zero-order chi connectivity index (χ0) is 22.2. The molecule has 6 aromatic rings. The molecule has 0 aliphatic rings. The molecule has 156 valence electrons. The molecule has 0 heterocycles. The standard InChI is InChI=1S/C33H24/c1-23-10-12-26(13-11-23)31-20-32(29-16-14-24-6-2-4-8-27(24)18-29)22-33(21-31)30-17-15-25-7-3-5-9-28(25)19-30/h2-22H,1H3. The molecule has 0 saturated heterocycles. The van der Waals surface area contributed by atoms with E-state index in [1.54, 1.807) is 0 Å². The van der Waals surface area contributed by atoms with Crippen molar-refractivity contribution >= 4 is 21.5 Å². The Bertz CT molecular complexity index is 1510. The van der Waals surface area contributed by atoms with Crippen LogP contribution < -0.4 is 0 Å². The number of fused-ring (bicyclic) bond motifs is 2. The maximum Gasteiger partial charge on any atom is -0.0171 e. The molecule has 0 radical (unpaired) electrons. The van der Waals surface area contributed by atoms with Crippen LogP contribution in [0, 0.1) is 6.92 Å². The van der Waals surface area contributed by atoms with Gasteiger partial charge in [-0.05, 0) is 92.2 Å². The molecule has 6 rings (SSSR count). The third-order valence-corrected chi connectivity index (χ3v) is 6.48. The zero-order valence-electron chi connectivity index (χ0n) is 18.6. The SMILES string of the molecule is Cc1ccc(-c2cc(-c3ccc4ccccc4c3)cc(-c3ccc4ccccc4c3)c2)cc1. The van der Waals surface area contributed by atoms with Crippen LogP contribution >= 0.6 is 0 Å². The van der Waals surface area contributed by atoms with Crippen LogP contribution in [0.4, 0.5) is 0 Å². The van der Waals surface area contributed by atoms with Gasteiger partial charge in [0.05, 0.1) is 0 Å². The number of hydrogen-bond donors (Lipinski definition) is 0. The first kappa shape index (κ1) is 19.5. The predicted octanol–water partition coefficient (Wildman–Crippen LogP) is 9.30. The smallest absolute Gasteiger partial charge is 0.0171 e. The van der Waals surface area contributed by atoms with Gasteiger partial charge in [-0.1, -0.05) is 103 Å². The van der Waals surface area contributed by atoms with E-state index in [1.165, 1.54) is 60.5 Å². The summed E-state index contributed by atoms with van der Waals surface area (Å²) in [5.74, 6) is 0. The predicted molar refractivity (Wildman–Crippen MR) is 142 cm³/mol.